The van der Waals surface area contributed by atoms with Crippen LogP contribution in [0.4, 0.5) is 4.79 Å². The van der Waals surface area contributed by atoms with E-state index in [4.69, 9.17) is 10.4 Å². The number of hydrogen-bond donors (Lipinski definition) is 2. The molecule has 3 amide bonds. The number of carbonyl (C=O) groups is 3. The number of aliphatic carboxylic acids is 1. The molecule has 0 radical (unpaired) electrons. The quantitative estimate of drug-likeness (QED) is 0.715. The van der Waals surface area contributed by atoms with E-state index < -0.39 is 17.9 Å². The number of nitrogens with zero attached hydrogens (tertiary/aromatic N) is 2. The minimum atomic E-state index is -1.09. The molecule has 0 aliphatic carbocycles. The normalized spacial score (nSPS) is 9.79. The van der Waals surface area contributed by atoms with Gasteiger partial charge >= 0.3 is 12.0 Å². The Kier molecular flexibility index (Phi) is 7.93. The summed E-state index contributed by atoms with van der Waals surface area (Å²) in [6, 6.07) is 1.35. The lowest BCUT2D eigenvalue weighted by molar-refractivity contribution is -0.138. The predicted octanol–water partition coefficient (Wildman–Crippen LogP) is 0.959. The summed E-state index contributed by atoms with van der Waals surface area (Å²) in [4.78, 5) is 34.8. The average molecular weight is 269 g/mol. The molecule has 2 N–H and O–H groups in total. The van der Waals surface area contributed by atoms with E-state index in [0.29, 0.717) is 6.54 Å². The van der Waals surface area contributed by atoms with E-state index in [1.807, 2.05) is 19.9 Å². The number of amides is 3. The fraction of sp³-hybridized carbons (Fsp3) is 0.667. The van der Waals surface area contributed by atoms with Crippen molar-refractivity contribution in [2.75, 3.05) is 13.1 Å². The van der Waals surface area contributed by atoms with E-state index in [-0.39, 0.29) is 31.7 Å². The molecule has 0 heterocycles. The number of carbonyl (C=O) groups excluding carboxylic acids is 2. The second kappa shape index (κ2) is 8.91. The van der Waals surface area contributed by atoms with Crippen molar-refractivity contribution < 1.29 is 19.5 Å². The minimum Gasteiger partial charge on any atom is -0.481 e. The predicted molar refractivity (Wildman–Crippen MR) is 67.0 cm³/mol. The third kappa shape index (κ3) is 8.60. The van der Waals surface area contributed by atoms with E-state index in [9.17, 15) is 14.4 Å². The lowest BCUT2D eigenvalue weighted by Gasteiger charge is -2.23. The van der Waals surface area contributed by atoms with Gasteiger partial charge in [0.2, 0.25) is 5.91 Å². The van der Waals surface area contributed by atoms with Crippen LogP contribution in [0.3, 0.4) is 0 Å². The molecular weight excluding hydrogens is 250 g/mol. The molecule has 0 saturated heterocycles. The molecule has 0 aromatic carbocycles. The number of imide groups is 1. The van der Waals surface area contributed by atoms with Crippen LogP contribution in [0.15, 0.2) is 0 Å². The largest absolute Gasteiger partial charge is 0.481 e. The van der Waals surface area contributed by atoms with Gasteiger partial charge in [0.25, 0.3) is 0 Å². The first-order valence-electron chi connectivity index (χ1n) is 6.04. The third-order valence-corrected chi connectivity index (χ3v) is 2.18. The zero-order valence-electron chi connectivity index (χ0n) is 11.2. The summed E-state index contributed by atoms with van der Waals surface area (Å²) in [5, 5.41) is 19.1. The Morgan fingerprint density at radius 3 is 2.42 bits per heavy atom. The molecule has 0 aliphatic rings. The molecule has 0 unspecified atom stereocenters. The Balaban J connectivity index is 4.33. The topological polar surface area (TPSA) is 111 Å². The van der Waals surface area contributed by atoms with Crippen molar-refractivity contribution >= 4 is 17.9 Å². The summed E-state index contributed by atoms with van der Waals surface area (Å²) < 4.78 is 0. The van der Waals surface area contributed by atoms with Crippen molar-refractivity contribution in [3.05, 3.63) is 0 Å². The monoisotopic (exact) mass is 269 g/mol. The smallest absolute Gasteiger partial charge is 0.324 e. The summed E-state index contributed by atoms with van der Waals surface area (Å²) in [5.74, 6) is -1.51. The number of urea groups is 1. The molecule has 0 atom stereocenters. The molecule has 7 nitrogen and oxygen atoms in total. The van der Waals surface area contributed by atoms with Crippen LogP contribution in [0.25, 0.3) is 0 Å². The highest BCUT2D eigenvalue weighted by Crippen LogP contribution is 2.01. The summed E-state index contributed by atoms with van der Waals surface area (Å²) in [6.45, 7) is 4.50. The Labute approximate surface area is 112 Å². The summed E-state index contributed by atoms with van der Waals surface area (Å²) in [6.07, 6.45) is -0.375. The van der Waals surface area contributed by atoms with Crippen molar-refractivity contribution in [3.8, 4) is 6.07 Å². The van der Waals surface area contributed by atoms with Gasteiger partial charge in [-0.1, -0.05) is 13.8 Å². The van der Waals surface area contributed by atoms with Gasteiger partial charge in [-0.15, -0.1) is 0 Å². The minimum absolute atomic E-state index is 0.184. The van der Waals surface area contributed by atoms with E-state index in [0.717, 1.165) is 0 Å². The van der Waals surface area contributed by atoms with Gasteiger partial charge in [-0.2, -0.15) is 5.26 Å². The highest BCUT2D eigenvalue weighted by molar-refractivity contribution is 5.95. The van der Waals surface area contributed by atoms with E-state index >= 15 is 0 Å². The lowest BCUT2D eigenvalue weighted by atomic mass is 10.2. The van der Waals surface area contributed by atoms with Gasteiger partial charge in [-0.05, 0) is 5.92 Å². The average Bonchev–Trinajstić information content (AvgIpc) is 2.31. The number of rotatable bonds is 7. The van der Waals surface area contributed by atoms with Gasteiger partial charge in [0.05, 0.1) is 18.9 Å². The maximum Gasteiger partial charge on any atom is 0.324 e. The third-order valence-electron chi connectivity index (χ3n) is 2.18. The first kappa shape index (κ1) is 16.9. The zero-order chi connectivity index (χ0) is 14.8. The molecule has 0 aromatic heterocycles. The second-order valence-electron chi connectivity index (χ2n) is 4.50. The second-order valence-corrected chi connectivity index (χ2v) is 4.50. The first-order chi connectivity index (χ1) is 8.86. The number of hydrogen-bond acceptors (Lipinski definition) is 4. The SMILES string of the molecule is CC(C)CN(CCC#N)C(=O)NC(=O)CCC(=O)O. The van der Waals surface area contributed by atoms with Gasteiger partial charge < -0.3 is 10.0 Å². The molecule has 0 saturated carbocycles. The zero-order valence-corrected chi connectivity index (χ0v) is 11.2. The van der Waals surface area contributed by atoms with Crippen molar-refractivity contribution in [1.29, 1.82) is 5.26 Å². The number of carboxylic acid groups (broad SMARTS) is 1. The number of nitriles is 1. The molecule has 0 aromatic rings. The Morgan fingerprint density at radius 1 is 1.32 bits per heavy atom. The molecule has 7 heteroatoms. The molecule has 106 valence electrons. The van der Waals surface area contributed by atoms with Crippen LogP contribution in [0, 0.1) is 17.2 Å². The van der Waals surface area contributed by atoms with Crippen molar-refractivity contribution in [1.82, 2.24) is 10.2 Å². The van der Waals surface area contributed by atoms with E-state index in [1.54, 1.807) is 0 Å². The van der Waals surface area contributed by atoms with E-state index in [2.05, 4.69) is 5.32 Å². The van der Waals surface area contributed by atoms with Crippen LogP contribution in [-0.2, 0) is 9.59 Å². The van der Waals surface area contributed by atoms with Crippen molar-refractivity contribution in [2.24, 2.45) is 5.92 Å². The molecule has 0 rings (SSSR count). The number of carboxylic acids is 1. The fourth-order valence-corrected chi connectivity index (χ4v) is 1.38. The van der Waals surface area contributed by atoms with Crippen molar-refractivity contribution in [2.45, 2.75) is 33.1 Å². The van der Waals surface area contributed by atoms with Crippen LogP contribution in [0.1, 0.15) is 33.1 Å². The van der Waals surface area contributed by atoms with Gasteiger partial charge in [0.15, 0.2) is 0 Å². The van der Waals surface area contributed by atoms with Crippen LogP contribution >= 0.6 is 0 Å². The van der Waals surface area contributed by atoms with Crippen molar-refractivity contribution in [3.63, 3.8) is 0 Å². The summed E-state index contributed by atoms with van der Waals surface area (Å²) in [5.41, 5.74) is 0. The fourth-order valence-electron chi connectivity index (χ4n) is 1.38. The number of nitrogens with one attached hydrogen (secondary N) is 1. The van der Waals surface area contributed by atoms with Gasteiger partial charge in [0, 0.05) is 19.5 Å². The van der Waals surface area contributed by atoms with Crippen LogP contribution < -0.4 is 5.32 Å². The Hall–Kier alpha value is -2.10. The standard InChI is InChI=1S/C12H19N3O4/c1-9(2)8-15(7-3-6-13)12(19)14-10(16)4-5-11(17)18/h9H,3-5,7-8H2,1-2H3,(H,17,18)(H,14,16,19). The maximum absolute atomic E-state index is 11.8. The van der Waals surface area contributed by atoms with E-state index in [1.165, 1.54) is 4.90 Å². The summed E-state index contributed by atoms with van der Waals surface area (Å²) in [7, 11) is 0. The molecule has 0 spiro atoms. The molecule has 0 aliphatic heterocycles. The van der Waals surface area contributed by atoms with Gasteiger partial charge in [-0.3, -0.25) is 14.9 Å². The molecule has 0 bridgehead atoms. The molecular formula is C12H19N3O4. The highest BCUT2D eigenvalue weighted by atomic mass is 16.4. The Bertz CT molecular complexity index is 374. The van der Waals surface area contributed by atoms with Crippen LogP contribution in [-0.4, -0.2) is 41.0 Å². The molecule has 0 fully saturated rings. The van der Waals surface area contributed by atoms with Crippen LogP contribution in [0.5, 0.6) is 0 Å². The Morgan fingerprint density at radius 2 is 1.95 bits per heavy atom. The summed E-state index contributed by atoms with van der Waals surface area (Å²) >= 11 is 0. The maximum atomic E-state index is 11.8. The van der Waals surface area contributed by atoms with Crippen LogP contribution in [0.2, 0.25) is 0 Å². The van der Waals surface area contributed by atoms with Gasteiger partial charge in [-0.25, -0.2) is 4.79 Å². The highest BCUT2D eigenvalue weighted by Gasteiger charge is 2.17. The van der Waals surface area contributed by atoms with Gasteiger partial charge in [0.1, 0.15) is 0 Å². The molecule has 19 heavy (non-hydrogen) atoms. The lowest BCUT2D eigenvalue weighted by Crippen LogP contribution is -2.44. The first-order valence-corrected chi connectivity index (χ1v) is 6.04.